The third-order valence-corrected chi connectivity index (χ3v) is 5.97. The van der Waals surface area contributed by atoms with Crippen molar-refractivity contribution in [2.24, 2.45) is 0 Å². The van der Waals surface area contributed by atoms with E-state index in [1.165, 1.54) is 6.26 Å². The second-order valence-corrected chi connectivity index (χ2v) is 8.94. The van der Waals surface area contributed by atoms with Crippen molar-refractivity contribution in [3.63, 3.8) is 0 Å². The van der Waals surface area contributed by atoms with Gasteiger partial charge in [0.25, 0.3) is 5.91 Å². The lowest BCUT2D eigenvalue weighted by atomic mass is 10.0. The standard InChI is InChI=1S/C19H22BrNO4S/c1-4-18(14-5-8-16(9-6-14)26(3,23)24)21-19(22)12-25-15-7-10-17(20)13(2)11-15/h5-11,18H,4,12H2,1-3H3,(H,21,22)/t18-/m1/s1. The van der Waals surface area contributed by atoms with Crippen LogP contribution in [-0.4, -0.2) is 27.2 Å². The Hall–Kier alpha value is -1.86. The average Bonchev–Trinajstić information content (AvgIpc) is 2.60. The van der Waals surface area contributed by atoms with Crippen molar-refractivity contribution in [3.05, 3.63) is 58.1 Å². The molecule has 2 aromatic rings. The summed E-state index contributed by atoms with van der Waals surface area (Å²) in [7, 11) is -3.23. The van der Waals surface area contributed by atoms with Gasteiger partial charge in [-0.05, 0) is 54.8 Å². The maximum atomic E-state index is 12.2. The number of benzene rings is 2. The van der Waals surface area contributed by atoms with E-state index in [2.05, 4.69) is 21.2 Å². The quantitative estimate of drug-likeness (QED) is 0.711. The number of ether oxygens (including phenoxy) is 1. The van der Waals surface area contributed by atoms with E-state index in [4.69, 9.17) is 4.74 Å². The Morgan fingerprint density at radius 1 is 1.19 bits per heavy atom. The molecule has 1 amide bonds. The van der Waals surface area contributed by atoms with Crippen LogP contribution in [-0.2, 0) is 14.6 Å². The van der Waals surface area contributed by atoms with Crippen molar-refractivity contribution >= 4 is 31.7 Å². The highest BCUT2D eigenvalue weighted by molar-refractivity contribution is 9.10. The van der Waals surface area contributed by atoms with E-state index in [1.54, 1.807) is 30.3 Å². The van der Waals surface area contributed by atoms with E-state index in [0.29, 0.717) is 12.2 Å². The molecule has 0 radical (unpaired) electrons. The first-order chi connectivity index (χ1) is 12.2. The van der Waals surface area contributed by atoms with Gasteiger partial charge in [-0.25, -0.2) is 8.42 Å². The van der Waals surface area contributed by atoms with Gasteiger partial charge in [0.2, 0.25) is 0 Å². The van der Waals surface area contributed by atoms with Crippen LogP contribution in [0.2, 0.25) is 0 Å². The SMILES string of the molecule is CC[C@@H](NC(=O)COc1ccc(Br)c(C)c1)c1ccc(S(C)(=O)=O)cc1. The summed E-state index contributed by atoms with van der Waals surface area (Å²) < 4.78 is 29.6. The molecule has 0 spiro atoms. The summed E-state index contributed by atoms with van der Waals surface area (Å²) in [6.07, 6.45) is 1.85. The van der Waals surface area contributed by atoms with Crippen LogP contribution in [0.3, 0.4) is 0 Å². The van der Waals surface area contributed by atoms with Crippen LogP contribution in [0, 0.1) is 6.92 Å². The lowest BCUT2D eigenvalue weighted by molar-refractivity contribution is -0.123. The van der Waals surface area contributed by atoms with E-state index < -0.39 is 9.84 Å². The van der Waals surface area contributed by atoms with Crippen molar-refractivity contribution in [3.8, 4) is 5.75 Å². The Morgan fingerprint density at radius 3 is 2.38 bits per heavy atom. The summed E-state index contributed by atoms with van der Waals surface area (Å²) in [5, 5.41) is 2.91. The summed E-state index contributed by atoms with van der Waals surface area (Å²) in [6, 6.07) is 11.9. The molecular formula is C19H22BrNO4S. The number of halogens is 1. The Kier molecular flexibility index (Phi) is 6.83. The zero-order chi connectivity index (χ0) is 19.3. The first-order valence-corrected chi connectivity index (χ1v) is 10.9. The molecule has 0 aliphatic carbocycles. The zero-order valence-corrected chi connectivity index (χ0v) is 17.4. The number of sulfone groups is 1. The number of carbonyl (C=O) groups excluding carboxylic acids is 1. The first kappa shape index (κ1) is 20.5. The Balaban J connectivity index is 1.98. The number of carbonyl (C=O) groups is 1. The van der Waals surface area contributed by atoms with Crippen LogP contribution >= 0.6 is 15.9 Å². The van der Waals surface area contributed by atoms with E-state index >= 15 is 0 Å². The normalized spacial score (nSPS) is 12.5. The number of aryl methyl sites for hydroxylation is 1. The smallest absolute Gasteiger partial charge is 0.258 e. The molecule has 1 atom stereocenters. The van der Waals surface area contributed by atoms with E-state index in [-0.39, 0.29) is 23.5 Å². The molecule has 0 aliphatic rings. The molecule has 0 aliphatic heterocycles. The number of hydrogen-bond donors (Lipinski definition) is 1. The third-order valence-electron chi connectivity index (χ3n) is 3.95. The maximum Gasteiger partial charge on any atom is 0.258 e. The maximum absolute atomic E-state index is 12.2. The van der Waals surface area contributed by atoms with Gasteiger partial charge in [-0.2, -0.15) is 0 Å². The van der Waals surface area contributed by atoms with Crippen LogP contribution in [0.15, 0.2) is 51.8 Å². The number of rotatable bonds is 7. The monoisotopic (exact) mass is 439 g/mol. The van der Waals surface area contributed by atoms with Crippen molar-refractivity contribution < 1.29 is 17.9 Å². The van der Waals surface area contributed by atoms with Gasteiger partial charge in [0.05, 0.1) is 10.9 Å². The van der Waals surface area contributed by atoms with Gasteiger partial charge in [0.15, 0.2) is 16.4 Å². The molecular weight excluding hydrogens is 418 g/mol. The van der Waals surface area contributed by atoms with Crippen molar-refractivity contribution in [2.45, 2.75) is 31.2 Å². The van der Waals surface area contributed by atoms with Crippen molar-refractivity contribution in [1.82, 2.24) is 5.32 Å². The molecule has 5 nitrogen and oxygen atoms in total. The molecule has 140 valence electrons. The third kappa shape index (κ3) is 5.57. The fourth-order valence-corrected chi connectivity index (χ4v) is 3.34. The summed E-state index contributed by atoms with van der Waals surface area (Å²) in [4.78, 5) is 12.5. The summed E-state index contributed by atoms with van der Waals surface area (Å²) in [5.41, 5.74) is 1.88. The van der Waals surface area contributed by atoms with Crippen molar-refractivity contribution in [1.29, 1.82) is 0 Å². The van der Waals surface area contributed by atoms with Crippen LogP contribution in [0.5, 0.6) is 5.75 Å². The zero-order valence-electron chi connectivity index (χ0n) is 15.0. The number of hydrogen-bond acceptors (Lipinski definition) is 4. The Morgan fingerprint density at radius 2 is 1.85 bits per heavy atom. The van der Waals surface area contributed by atoms with Crippen LogP contribution in [0.25, 0.3) is 0 Å². The minimum Gasteiger partial charge on any atom is -0.484 e. The molecule has 0 aromatic heterocycles. The molecule has 2 rings (SSSR count). The van der Waals surface area contributed by atoms with Gasteiger partial charge in [-0.3, -0.25) is 4.79 Å². The highest BCUT2D eigenvalue weighted by Gasteiger charge is 2.15. The largest absolute Gasteiger partial charge is 0.484 e. The van der Waals surface area contributed by atoms with Gasteiger partial charge in [-0.1, -0.05) is 35.0 Å². The predicted octanol–water partition coefficient (Wildman–Crippen LogP) is 3.81. The fourth-order valence-electron chi connectivity index (χ4n) is 2.46. The van der Waals surface area contributed by atoms with Crippen molar-refractivity contribution in [2.75, 3.05) is 12.9 Å². The van der Waals surface area contributed by atoms with Gasteiger partial charge < -0.3 is 10.1 Å². The van der Waals surface area contributed by atoms with Gasteiger partial charge in [0.1, 0.15) is 5.75 Å². The highest BCUT2D eigenvalue weighted by Crippen LogP contribution is 2.22. The molecule has 0 saturated heterocycles. The van der Waals surface area contributed by atoms with Crippen LogP contribution < -0.4 is 10.1 Å². The summed E-state index contributed by atoms with van der Waals surface area (Å²) >= 11 is 3.42. The molecule has 0 heterocycles. The summed E-state index contributed by atoms with van der Waals surface area (Å²) in [5.74, 6) is 0.399. The molecule has 2 aromatic carbocycles. The van der Waals surface area contributed by atoms with Gasteiger partial charge in [-0.15, -0.1) is 0 Å². The number of amides is 1. The molecule has 0 unspecified atom stereocenters. The lowest BCUT2D eigenvalue weighted by Crippen LogP contribution is -2.32. The van der Waals surface area contributed by atoms with E-state index in [1.807, 2.05) is 26.0 Å². The fraction of sp³-hybridized carbons (Fsp3) is 0.316. The molecule has 26 heavy (non-hydrogen) atoms. The minimum absolute atomic E-state index is 0.0843. The van der Waals surface area contributed by atoms with Gasteiger partial charge in [0, 0.05) is 10.7 Å². The first-order valence-electron chi connectivity index (χ1n) is 8.19. The van der Waals surface area contributed by atoms with E-state index in [0.717, 1.165) is 15.6 Å². The second kappa shape index (κ2) is 8.68. The predicted molar refractivity (Wildman–Crippen MR) is 105 cm³/mol. The van der Waals surface area contributed by atoms with E-state index in [9.17, 15) is 13.2 Å². The Labute approximate surface area is 162 Å². The lowest BCUT2D eigenvalue weighted by Gasteiger charge is -2.18. The average molecular weight is 440 g/mol. The Bertz CT molecular complexity index is 879. The molecule has 0 fully saturated rings. The molecule has 1 N–H and O–H groups in total. The summed E-state index contributed by atoms with van der Waals surface area (Å²) in [6.45, 7) is 3.82. The second-order valence-electron chi connectivity index (χ2n) is 6.07. The highest BCUT2D eigenvalue weighted by atomic mass is 79.9. The molecule has 7 heteroatoms. The molecule has 0 bridgehead atoms. The van der Waals surface area contributed by atoms with Crippen LogP contribution in [0.1, 0.15) is 30.5 Å². The minimum atomic E-state index is -3.23. The molecule has 0 saturated carbocycles. The van der Waals surface area contributed by atoms with Gasteiger partial charge >= 0.3 is 0 Å². The number of nitrogens with one attached hydrogen (secondary N) is 1. The topological polar surface area (TPSA) is 72.5 Å². The van der Waals surface area contributed by atoms with Crippen LogP contribution in [0.4, 0.5) is 0 Å².